The van der Waals surface area contributed by atoms with Gasteiger partial charge in [-0.3, -0.25) is 4.79 Å². The summed E-state index contributed by atoms with van der Waals surface area (Å²) in [6.07, 6.45) is 1.77. The minimum Gasteiger partial charge on any atom is -0.308 e. The maximum atomic E-state index is 13.9. The van der Waals surface area contributed by atoms with Gasteiger partial charge in [0.05, 0.1) is 22.8 Å². The Morgan fingerprint density at radius 1 is 1.03 bits per heavy atom. The predicted octanol–water partition coefficient (Wildman–Crippen LogP) is 5.96. The monoisotopic (exact) mass is 412 g/mol. The molecule has 2 heterocycles. The van der Waals surface area contributed by atoms with Gasteiger partial charge in [0.1, 0.15) is 0 Å². The maximum Gasteiger partial charge on any atom is 0.259 e. The first-order valence-corrected chi connectivity index (χ1v) is 10.7. The highest BCUT2D eigenvalue weighted by Gasteiger charge is 2.24. The van der Waals surface area contributed by atoms with Crippen LogP contribution in [0.2, 0.25) is 0 Å². The molecule has 0 aliphatic heterocycles. The van der Waals surface area contributed by atoms with E-state index in [1.807, 2.05) is 72.0 Å². The van der Waals surface area contributed by atoms with E-state index in [9.17, 15) is 4.79 Å². The highest BCUT2D eigenvalue weighted by molar-refractivity contribution is 6.14. The summed E-state index contributed by atoms with van der Waals surface area (Å²) in [6.45, 7) is 10.8. The van der Waals surface area contributed by atoms with Gasteiger partial charge in [-0.1, -0.05) is 42.5 Å². The van der Waals surface area contributed by atoms with Crippen LogP contribution in [0.5, 0.6) is 0 Å². The molecule has 0 unspecified atom stereocenters. The molecule has 0 fully saturated rings. The minimum absolute atomic E-state index is 0.0395. The summed E-state index contributed by atoms with van der Waals surface area (Å²) < 4.78 is 1.89. The number of aromatic nitrogens is 3. The number of anilines is 1. The summed E-state index contributed by atoms with van der Waals surface area (Å²) in [5.74, 6) is -0.0395. The van der Waals surface area contributed by atoms with Crippen molar-refractivity contribution in [3.63, 3.8) is 0 Å². The smallest absolute Gasteiger partial charge is 0.259 e. The van der Waals surface area contributed by atoms with E-state index in [4.69, 9.17) is 4.98 Å². The molecule has 0 N–H and O–H groups in total. The van der Waals surface area contributed by atoms with Crippen LogP contribution in [0, 0.1) is 13.8 Å². The fraction of sp³-hybridized carbons (Fsp3) is 0.269. The second kappa shape index (κ2) is 8.34. The Kier molecular flexibility index (Phi) is 5.59. The van der Waals surface area contributed by atoms with Crippen molar-refractivity contribution in [1.29, 1.82) is 0 Å². The summed E-state index contributed by atoms with van der Waals surface area (Å²) in [6, 6.07) is 18.2. The first kappa shape index (κ1) is 20.8. The Labute approximate surface area is 183 Å². The first-order valence-electron chi connectivity index (χ1n) is 10.7. The van der Waals surface area contributed by atoms with Crippen LogP contribution in [0.15, 0.2) is 60.8 Å². The summed E-state index contributed by atoms with van der Waals surface area (Å²) in [5, 5.41) is 5.33. The van der Waals surface area contributed by atoms with E-state index >= 15 is 0 Å². The Morgan fingerprint density at radius 2 is 1.71 bits per heavy atom. The molecule has 4 rings (SSSR count). The lowest BCUT2D eigenvalue weighted by Gasteiger charge is -2.23. The summed E-state index contributed by atoms with van der Waals surface area (Å²) in [5.41, 5.74) is 6.29. The standard InChI is InChI=1S/C26H28N4O/c1-6-29(24-14-10-8-12-19(24)5)26(31)21-15-23(20-13-9-7-11-18(20)4)28-25-22(21)16-27-30(25)17(2)3/h7-17H,6H2,1-5H3. The molecule has 0 aliphatic carbocycles. The molecule has 5 nitrogen and oxygen atoms in total. The summed E-state index contributed by atoms with van der Waals surface area (Å²) in [7, 11) is 0. The number of aryl methyl sites for hydroxylation is 2. The van der Waals surface area contributed by atoms with E-state index in [1.54, 1.807) is 6.20 Å². The Hall–Kier alpha value is -3.47. The quantitative estimate of drug-likeness (QED) is 0.406. The van der Waals surface area contributed by atoms with Crippen molar-refractivity contribution >= 4 is 22.6 Å². The summed E-state index contributed by atoms with van der Waals surface area (Å²) in [4.78, 5) is 20.6. The van der Waals surface area contributed by atoms with Gasteiger partial charge in [0.15, 0.2) is 5.65 Å². The van der Waals surface area contributed by atoms with Gasteiger partial charge < -0.3 is 4.90 Å². The third-order valence-electron chi connectivity index (χ3n) is 5.67. The number of pyridine rings is 1. The SMILES string of the molecule is CCN(C(=O)c1cc(-c2ccccc2C)nc2c1cnn2C(C)C)c1ccccc1C. The van der Waals surface area contributed by atoms with Crippen LogP contribution in [0.1, 0.15) is 48.3 Å². The summed E-state index contributed by atoms with van der Waals surface area (Å²) >= 11 is 0. The van der Waals surface area contributed by atoms with Gasteiger partial charge in [-0.05, 0) is 57.9 Å². The largest absolute Gasteiger partial charge is 0.308 e. The number of benzene rings is 2. The number of rotatable bonds is 5. The van der Waals surface area contributed by atoms with Crippen molar-refractivity contribution < 1.29 is 4.79 Å². The minimum atomic E-state index is -0.0395. The lowest BCUT2D eigenvalue weighted by Crippen LogP contribution is -2.31. The predicted molar refractivity (Wildman–Crippen MR) is 127 cm³/mol. The normalized spacial score (nSPS) is 11.3. The molecule has 31 heavy (non-hydrogen) atoms. The number of hydrogen-bond acceptors (Lipinski definition) is 3. The van der Waals surface area contributed by atoms with E-state index in [-0.39, 0.29) is 11.9 Å². The van der Waals surface area contributed by atoms with Crippen LogP contribution in [0.4, 0.5) is 5.69 Å². The van der Waals surface area contributed by atoms with Crippen molar-refractivity contribution in [2.24, 2.45) is 0 Å². The molecule has 0 bridgehead atoms. The zero-order chi connectivity index (χ0) is 22.1. The van der Waals surface area contributed by atoms with Crippen LogP contribution in [0.3, 0.4) is 0 Å². The molecule has 0 atom stereocenters. The van der Waals surface area contributed by atoms with Crippen molar-refractivity contribution in [2.45, 2.75) is 40.7 Å². The van der Waals surface area contributed by atoms with Gasteiger partial charge in [0.2, 0.25) is 0 Å². The molecule has 5 heteroatoms. The average Bonchev–Trinajstić information content (AvgIpc) is 3.19. The second-order valence-corrected chi connectivity index (χ2v) is 8.13. The van der Waals surface area contributed by atoms with Gasteiger partial charge in [-0.2, -0.15) is 5.10 Å². The lowest BCUT2D eigenvalue weighted by molar-refractivity contribution is 0.0989. The molecule has 0 saturated carbocycles. The molecule has 0 radical (unpaired) electrons. The first-order chi connectivity index (χ1) is 14.9. The Morgan fingerprint density at radius 3 is 2.35 bits per heavy atom. The maximum absolute atomic E-state index is 13.9. The number of carbonyl (C=O) groups excluding carboxylic acids is 1. The highest BCUT2D eigenvalue weighted by atomic mass is 16.2. The fourth-order valence-corrected chi connectivity index (χ4v) is 4.01. The van der Waals surface area contributed by atoms with Crippen LogP contribution >= 0.6 is 0 Å². The van der Waals surface area contributed by atoms with Crippen molar-refractivity contribution in [3.05, 3.63) is 77.5 Å². The Bertz CT molecular complexity index is 1260. The highest BCUT2D eigenvalue weighted by Crippen LogP contribution is 2.30. The van der Waals surface area contributed by atoms with Crippen molar-refractivity contribution in [3.8, 4) is 11.3 Å². The topological polar surface area (TPSA) is 51.0 Å². The lowest BCUT2D eigenvalue weighted by atomic mass is 10.0. The fourth-order valence-electron chi connectivity index (χ4n) is 4.01. The van der Waals surface area contributed by atoms with Crippen LogP contribution in [-0.2, 0) is 0 Å². The molecule has 0 spiro atoms. The van der Waals surface area contributed by atoms with E-state index in [1.165, 1.54) is 0 Å². The number of nitrogens with zero attached hydrogens (tertiary/aromatic N) is 4. The Balaban J connectivity index is 1.95. The van der Waals surface area contributed by atoms with E-state index < -0.39 is 0 Å². The number of para-hydroxylation sites is 1. The zero-order valence-corrected chi connectivity index (χ0v) is 18.8. The van der Waals surface area contributed by atoms with Crippen LogP contribution in [0.25, 0.3) is 22.3 Å². The molecule has 1 amide bonds. The molecule has 2 aromatic heterocycles. The van der Waals surface area contributed by atoms with Gasteiger partial charge in [-0.15, -0.1) is 0 Å². The van der Waals surface area contributed by atoms with Gasteiger partial charge in [0.25, 0.3) is 5.91 Å². The molecule has 158 valence electrons. The van der Waals surface area contributed by atoms with Gasteiger partial charge >= 0.3 is 0 Å². The number of amides is 1. The van der Waals surface area contributed by atoms with Gasteiger partial charge in [0, 0.05) is 23.8 Å². The molecule has 0 aliphatic rings. The number of carbonyl (C=O) groups is 1. The van der Waals surface area contributed by atoms with E-state index in [0.29, 0.717) is 12.1 Å². The van der Waals surface area contributed by atoms with Crippen molar-refractivity contribution in [1.82, 2.24) is 14.8 Å². The number of fused-ring (bicyclic) bond motifs is 1. The second-order valence-electron chi connectivity index (χ2n) is 8.13. The molecule has 0 saturated heterocycles. The van der Waals surface area contributed by atoms with Crippen LogP contribution < -0.4 is 4.90 Å². The molecule has 2 aromatic carbocycles. The molecular formula is C26H28N4O. The third kappa shape index (κ3) is 3.72. The van der Waals surface area contributed by atoms with Crippen molar-refractivity contribution in [2.75, 3.05) is 11.4 Å². The van der Waals surface area contributed by atoms with E-state index in [0.717, 1.165) is 39.1 Å². The number of hydrogen-bond donors (Lipinski definition) is 0. The third-order valence-corrected chi connectivity index (χ3v) is 5.67. The van der Waals surface area contributed by atoms with Crippen LogP contribution in [-0.4, -0.2) is 27.2 Å². The molecular weight excluding hydrogens is 384 g/mol. The average molecular weight is 413 g/mol. The molecule has 4 aromatic rings. The van der Waals surface area contributed by atoms with E-state index in [2.05, 4.69) is 31.9 Å². The van der Waals surface area contributed by atoms with Gasteiger partial charge in [-0.25, -0.2) is 9.67 Å². The zero-order valence-electron chi connectivity index (χ0n) is 18.8.